The van der Waals surface area contributed by atoms with Gasteiger partial charge in [-0.1, -0.05) is 0 Å². The van der Waals surface area contributed by atoms with Crippen molar-refractivity contribution in [3.8, 4) is 0 Å². The van der Waals surface area contributed by atoms with E-state index in [1.54, 1.807) is 0 Å². The Morgan fingerprint density at radius 1 is 1.08 bits per heavy atom. The Kier molecular flexibility index (Phi) is 6.30. The summed E-state index contributed by atoms with van der Waals surface area (Å²) in [6.07, 6.45) is -4.51. The van der Waals surface area contributed by atoms with Gasteiger partial charge < -0.3 is 0 Å². The van der Waals surface area contributed by atoms with Gasteiger partial charge in [-0.3, -0.25) is 0 Å². The first-order chi connectivity index (χ1) is 5.57. The average Bonchev–Trinajstić information content (AvgIpc) is 2.08. The second-order valence-electron chi connectivity index (χ2n) is 2.70. The minimum Gasteiger partial charge on any atom is 0 e. The predicted octanol–water partition coefficient (Wildman–Crippen LogP) is -3.05. The van der Waals surface area contributed by atoms with Crippen molar-refractivity contribution in [1.29, 1.82) is 0 Å². The second kappa shape index (κ2) is 5.82. The molecule has 13 heavy (non-hydrogen) atoms. The van der Waals surface area contributed by atoms with Gasteiger partial charge in [0.2, 0.25) is 0 Å². The van der Waals surface area contributed by atoms with Gasteiger partial charge in [0.25, 0.3) is 0 Å². The predicted molar refractivity (Wildman–Crippen MR) is 39.5 cm³/mol. The molecule has 1 heterocycles. The SMILES string of the molecule is OCC1OC([Se])C(O)C(O)C1O.[Au]. The van der Waals surface area contributed by atoms with Crippen LogP contribution < -0.4 is 0 Å². The molecule has 0 aliphatic carbocycles. The van der Waals surface area contributed by atoms with E-state index in [0.717, 1.165) is 0 Å². The molecule has 0 aromatic carbocycles. The van der Waals surface area contributed by atoms with Crippen molar-refractivity contribution < 1.29 is 47.5 Å². The molecule has 0 amide bonds. The molecule has 1 fully saturated rings. The van der Waals surface area contributed by atoms with Crippen molar-refractivity contribution in [2.75, 3.05) is 6.61 Å². The van der Waals surface area contributed by atoms with E-state index in [-0.39, 0.29) is 29.0 Å². The van der Waals surface area contributed by atoms with E-state index in [0.29, 0.717) is 0 Å². The molecule has 0 aromatic heterocycles. The molecule has 1 rings (SSSR count). The Morgan fingerprint density at radius 3 is 2.08 bits per heavy atom. The average molecular weight is 439 g/mol. The van der Waals surface area contributed by atoms with Gasteiger partial charge in [0, 0.05) is 22.4 Å². The van der Waals surface area contributed by atoms with Crippen LogP contribution in [-0.4, -0.2) is 72.5 Å². The molecule has 2 radical (unpaired) electrons. The maximum atomic E-state index is 9.22. The van der Waals surface area contributed by atoms with Crippen LogP contribution in [0.1, 0.15) is 0 Å². The third-order valence-electron chi connectivity index (χ3n) is 1.85. The minimum atomic E-state index is -1.28. The Hall–Kier alpha value is 1.06. The van der Waals surface area contributed by atoms with Crippen LogP contribution in [0.3, 0.4) is 0 Å². The second-order valence-corrected chi connectivity index (χ2v) is 3.67. The summed E-state index contributed by atoms with van der Waals surface area (Å²) in [7, 11) is 0. The summed E-state index contributed by atoms with van der Waals surface area (Å²) in [5, 5.41) is 35.6. The minimum absolute atomic E-state index is 0. The van der Waals surface area contributed by atoms with Crippen LogP contribution in [0.5, 0.6) is 0 Å². The first kappa shape index (κ1) is 14.1. The van der Waals surface area contributed by atoms with Crippen LogP contribution in [0.2, 0.25) is 0 Å². The van der Waals surface area contributed by atoms with Gasteiger partial charge in [-0.05, 0) is 0 Å². The maximum Gasteiger partial charge on any atom is 0 e. The first-order valence-corrected chi connectivity index (χ1v) is 4.53. The summed E-state index contributed by atoms with van der Waals surface area (Å²) in [5.74, 6) is 0. The van der Waals surface area contributed by atoms with Crippen LogP contribution in [0, 0.1) is 0 Å². The third kappa shape index (κ3) is 3.00. The first-order valence-electron chi connectivity index (χ1n) is 3.54. The largest absolute Gasteiger partial charge is 0 e. The number of rotatable bonds is 1. The van der Waals surface area contributed by atoms with Crippen molar-refractivity contribution in [3.63, 3.8) is 0 Å². The molecule has 82 valence electrons. The normalized spacial score (nSPS) is 45.5. The molecule has 1 saturated heterocycles. The number of aliphatic hydroxyl groups is 4. The van der Waals surface area contributed by atoms with E-state index >= 15 is 0 Å². The smallest absolute Gasteiger partial charge is 0 e. The summed E-state index contributed by atoms with van der Waals surface area (Å²) >= 11 is 2.49. The molecule has 0 bridgehead atoms. The number of hydrogen-bond acceptors (Lipinski definition) is 5. The monoisotopic (exact) mass is 440 g/mol. The number of hydrogen-bond donors (Lipinski definition) is 4. The fourth-order valence-electron chi connectivity index (χ4n) is 1.07. The molecular formula is C6H11AuO5Se. The van der Waals surface area contributed by atoms with Crippen LogP contribution in [0.4, 0.5) is 0 Å². The molecule has 4 N–H and O–H groups in total. The van der Waals surface area contributed by atoms with Crippen molar-refractivity contribution in [2.45, 2.75) is 29.4 Å². The van der Waals surface area contributed by atoms with Crippen molar-refractivity contribution in [1.82, 2.24) is 0 Å². The van der Waals surface area contributed by atoms with Crippen LogP contribution in [0.25, 0.3) is 0 Å². The van der Waals surface area contributed by atoms with Crippen molar-refractivity contribution in [3.05, 3.63) is 0 Å². The van der Waals surface area contributed by atoms with Gasteiger partial charge in [0.15, 0.2) is 0 Å². The van der Waals surface area contributed by atoms with E-state index in [2.05, 4.69) is 16.0 Å². The molecule has 0 spiro atoms. The summed E-state index contributed by atoms with van der Waals surface area (Å²) in [6.45, 7) is -0.386. The number of ether oxygens (including phenoxy) is 1. The zero-order valence-corrected chi connectivity index (χ0v) is 10.4. The molecule has 1 aliphatic heterocycles. The molecule has 0 saturated carbocycles. The van der Waals surface area contributed by atoms with E-state index < -0.39 is 29.4 Å². The van der Waals surface area contributed by atoms with Gasteiger partial charge in [-0.2, -0.15) is 0 Å². The van der Waals surface area contributed by atoms with Gasteiger partial charge in [0.1, 0.15) is 0 Å². The van der Waals surface area contributed by atoms with E-state index in [4.69, 9.17) is 9.84 Å². The Labute approximate surface area is 99.4 Å². The summed E-state index contributed by atoms with van der Waals surface area (Å²) < 4.78 is 4.96. The van der Waals surface area contributed by atoms with Gasteiger partial charge >= 0.3 is 77.2 Å². The molecule has 7 heteroatoms. The fraction of sp³-hybridized carbons (Fsp3) is 1.00. The summed E-state index contributed by atoms with van der Waals surface area (Å²) in [4.78, 5) is 0. The van der Waals surface area contributed by atoms with Gasteiger partial charge in [-0.25, -0.2) is 0 Å². The van der Waals surface area contributed by atoms with Gasteiger partial charge in [-0.15, -0.1) is 0 Å². The van der Waals surface area contributed by atoms with Crippen molar-refractivity contribution in [2.24, 2.45) is 0 Å². The topological polar surface area (TPSA) is 90.2 Å². The van der Waals surface area contributed by atoms with Crippen LogP contribution >= 0.6 is 0 Å². The van der Waals surface area contributed by atoms with Gasteiger partial charge in [0.05, 0.1) is 0 Å². The Bertz CT molecular complexity index is 155. The van der Waals surface area contributed by atoms with E-state index in [9.17, 15) is 15.3 Å². The molecule has 5 nitrogen and oxygen atoms in total. The summed E-state index contributed by atoms with van der Waals surface area (Å²) in [5.41, 5.74) is 0. The zero-order chi connectivity index (χ0) is 9.30. The molecule has 5 atom stereocenters. The fourth-order valence-corrected chi connectivity index (χ4v) is 1.70. The standard InChI is InChI=1S/C6H11O5Se.Au/c7-1-2-3(8)4(9)5(10)6(12)11-2;/h2-10H,1H2;. The molecule has 1 aliphatic rings. The molecule has 5 unspecified atom stereocenters. The van der Waals surface area contributed by atoms with Crippen LogP contribution in [-0.2, 0) is 27.1 Å². The van der Waals surface area contributed by atoms with E-state index in [1.165, 1.54) is 0 Å². The van der Waals surface area contributed by atoms with Crippen molar-refractivity contribution >= 4 is 16.0 Å². The Balaban J connectivity index is 0.00000144. The van der Waals surface area contributed by atoms with Crippen LogP contribution in [0.15, 0.2) is 0 Å². The maximum absolute atomic E-state index is 9.22. The summed E-state index contributed by atoms with van der Waals surface area (Å²) in [6, 6.07) is 0. The molecule has 0 aromatic rings. The molecular weight excluding hydrogens is 428 g/mol. The zero-order valence-electron chi connectivity index (χ0n) is 6.50. The third-order valence-corrected chi connectivity index (χ3v) is 2.67. The number of aliphatic hydroxyl groups excluding tert-OH is 4. The quantitative estimate of drug-likeness (QED) is 0.327. The van der Waals surface area contributed by atoms with E-state index in [1.807, 2.05) is 0 Å². The Morgan fingerprint density at radius 2 is 1.62 bits per heavy atom.